The molecule has 0 amide bonds. The van der Waals surface area contributed by atoms with Crippen LogP contribution in [0.25, 0.3) is 0 Å². The Hall–Kier alpha value is -2.64. The lowest BCUT2D eigenvalue weighted by Gasteiger charge is -2.19. The van der Waals surface area contributed by atoms with E-state index < -0.39 is 6.10 Å². The van der Waals surface area contributed by atoms with Crippen molar-refractivity contribution in [3.63, 3.8) is 0 Å². The molecular weight excluding hydrogens is 434 g/mol. The maximum Gasteiger partial charge on any atom is 0.226 e. The highest BCUT2D eigenvalue weighted by atomic mass is 35.5. The van der Waals surface area contributed by atoms with Gasteiger partial charge in [-0.05, 0) is 31.7 Å². The highest BCUT2D eigenvalue weighted by Crippen LogP contribution is 2.30. The summed E-state index contributed by atoms with van der Waals surface area (Å²) in [5, 5.41) is 26.4. The summed E-state index contributed by atoms with van der Waals surface area (Å²) in [6, 6.07) is 3.28. The number of aromatic nitrogens is 3. The third kappa shape index (κ3) is 5.99. The van der Waals surface area contributed by atoms with Gasteiger partial charge in [-0.3, -0.25) is 0 Å². The number of rotatable bonds is 8. The fraction of sp³-hybridized carbons (Fsp3) is 0.500. The molecule has 1 aliphatic rings. The molecule has 0 bridgehead atoms. The van der Waals surface area contributed by atoms with E-state index in [1.807, 2.05) is 13.0 Å². The Labute approximate surface area is 192 Å². The van der Waals surface area contributed by atoms with Crippen LogP contribution < -0.4 is 15.4 Å². The molecule has 10 heteroatoms. The Balaban J connectivity index is 1.93. The van der Waals surface area contributed by atoms with Crippen molar-refractivity contribution in [1.29, 1.82) is 0 Å². The van der Waals surface area contributed by atoms with E-state index in [0.717, 1.165) is 11.3 Å². The minimum atomic E-state index is -0.611. The average molecular weight is 462 g/mol. The standard InChI is InChI=1S/C22H28ClN5O4/c1-13-15(5-7-19(25-13)32-3)4-6-16-20(23)27-22(24-8-9-31-2)28-21(16)26-17-10-14(12-29)11-18(17)30/h5,7,14,17-18,29-30H,8-12H2,1-3H3,(H2,24,26,27,28)/t14-,17?,18+/m0/s1. The van der Waals surface area contributed by atoms with Crippen LogP contribution in [0.1, 0.15) is 29.7 Å². The Morgan fingerprint density at radius 1 is 1.19 bits per heavy atom. The summed E-state index contributed by atoms with van der Waals surface area (Å²) in [6.07, 6.45) is 0.517. The molecule has 0 spiro atoms. The van der Waals surface area contributed by atoms with Gasteiger partial charge in [0.1, 0.15) is 11.4 Å². The number of methoxy groups -OCH3 is 2. The topological polar surface area (TPSA) is 122 Å². The highest BCUT2D eigenvalue weighted by Gasteiger charge is 2.33. The summed E-state index contributed by atoms with van der Waals surface area (Å²) < 4.78 is 10.2. The highest BCUT2D eigenvalue weighted by molar-refractivity contribution is 6.31. The van der Waals surface area contributed by atoms with Gasteiger partial charge in [0.05, 0.1) is 31.6 Å². The Morgan fingerprint density at radius 3 is 2.66 bits per heavy atom. The molecule has 3 rings (SSSR count). The first kappa shape index (κ1) is 24.0. The second-order valence-electron chi connectivity index (χ2n) is 7.56. The number of ether oxygens (including phenoxy) is 2. The molecular formula is C22H28ClN5O4. The normalized spacial score (nSPS) is 19.9. The monoisotopic (exact) mass is 461 g/mol. The van der Waals surface area contributed by atoms with Gasteiger partial charge in [-0.25, -0.2) is 4.98 Å². The molecule has 2 aromatic heterocycles. The molecule has 1 saturated carbocycles. The quantitative estimate of drug-likeness (QED) is 0.265. The van der Waals surface area contributed by atoms with E-state index in [1.54, 1.807) is 20.3 Å². The van der Waals surface area contributed by atoms with Crippen LogP contribution in [0.4, 0.5) is 11.8 Å². The van der Waals surface area contributed by atoms with Gasteiger partial charge < -0.3 is 30.3 Å². The molecule has 3 atom stereocenters. The van der Waals surface area contributed by atoms with E-state index >= 15 is 0 Å². The smallest absolute Gasteiger partial charge is 0.226 e. The molecule has 2 heterocycles. The van der Waals surface area contributed by atoms with Crippen molar-refractivity contribution in [3.8, 4) is 17.7 Å². The molecule has 9 nitrogen and oxygen atoms in total. The van der Waals surface area contributed by atoms with Crippen LogP contribution in [-0.4, -0.2) is 71.3 Å². The molecule has 32 heavy (non-hydrogen) atoms. The van der Waals surface area contributed by atoms with Gasteiger partial charge in [0, 0.05) is 31.9 Å². The number of aliphatic hydroxyl groups excluding tert-OH is 2. The number of hydrogen-bond acceptors (Lipinski definition) is 9. The summed E-state index contributed by atoms with van der Waals surface area (Å²) in [5.74, 6) is 7.41. The number of hydrogen-bond donors (Lipinski definition) is 4. The summed E-state index contributed by atoms with van der Waals surface area (Å²) in [6.45, 7) is 2.86. The lowest BCUT2D eigenvalue weighted by molar-refractivity contribution is 0.157. The van der Waals surface area contributed by atoms with Crippen LogP contribution in [-0.2, 0) is 4.74 Å². The zero-order valence-electron chi connectivity index (χ0n) is 18.4. The first-order valence-electron chi connectivity index (χ1n) is 10.3. The van der Waals surface area contributed by atoms with Crippen molar-refractivity contribution in [2.45, 2.75) is 31.9 Å². The fourth-order valence-electron chi connectivity index (χ4n) is 3.50. The number of anilines is 2. The van der Waals surface area contributed by atoms with Gasteiger partial charge in [0.25, 0.3) is 0 Å². The molecule has 4 N–H and O–H groups in total. The van der Waals surface area contributed by atoms with E-state index in [0.29, 0.717) is 49.2 Å². The second kappa shape index (κ2) is 11.3. The number of halogens is 1. The summed E-state index contributed by atoms with van der Waals surface area (Å²) in [4.78, 5) is 13.2. The van der Waals surface area contributed by atoms with E-state index in [9.17, 15) is 10.2 Å². The van der Waals surface area contributed by atoms with Crippen molar-refractivity contribution in [2.75, 3.05) is 44.6 Å². The number of aryl methyl sites for hydroxylation is 1. The lowest BCUT2D eigenvalue weighted by Crippen LogP contribution is -2.29. The van der Waals surface area contributed by atoms with Crippen LogP contribution >= 0.6 is 11.6 Å². The summed E-state index contributed by atoms with van der Waals surface area (Å²) in [5.41, 5.74) is 1.86. The number of nitrogens with one attached hydrogen (secondary N) is 2. The number of pyridine rings is 1. The predicted octanol–water partition coefficient (Wildman–Crippen LogP) is 1.84. The Morgan fingerprint density at radius 2 is 2.00 bits per heavy atom. The number of aliphatic hydroxyl groups is 2. The van der Waals surface area contributed by atoms with Gasteiger partial charge in [0.15, 0.2) is 5.15 Å². The average Bonchev–Trinajstić information content (AvgIpc) is 3.13. The first-order valence-corrected chi connectivity index (χ1v) is 10.7. The molecule has 1 aliphatic carbocycles. The van der Waals surface area contributed by atoms with Crippen molar-refractivity contribution in [3.05, 3.63) is 34.1 Å². The molecule has 0 radical (unpaired) electrons. The molecule has 1 fully saturated rings. The van der Waals surface area contributed by atoms with Crippen molar-refractivity contribution in [2.24, 2.45) is 5.92 Å². The van der Waals surface area contributed by atoms with Gasteiger partial charge in [-0.2, -0.15) is 9.97 Å². The Kier molecular flexibility index (Phi) is 8.47. The largest absolute Gasteiger partial charge is 0.481 e. The van der Waals surface area contributed by atoms with Crippen molar-refractivity contribution in [1.82, 2.24) is 15.0 Å². The van der Waals surface area contributed by atoms with E-state index in [-0.39, 0.29) is 23.7 Å². The van der Waals surface area contributed by atoms with Crippen molar-refractivity contribution < 1.29 is 19.7 Å². The van der Waals surface area contributed by atoms with E-state index in [4.69, 9.17) is 21.1 Å². The maximum atomic E-state index is 10.4. The first-order chi connectivity index (χ1) is 15.4. The fourth-order valence-corrected chi connectivity index (χ4v) is 3.72. The molecule has 0 aromatic carbocycles. The molecule has 2 aromatic rings. The minimum Gasteiger partial charge on any atom is -0.481 e. The molecule has 0 aliphatic heterocycles. The van der Waals surface area contributed by atoms with Crippen LogP contribution in [0.3, 0.4) is 0 Å². The van der Waals surface area contributed by atoms with Crippen molar-refractivity contribution >= 4 is 23.4 Å². The Bertz CT molecular complexity index is 994. The third-order valence-electron chi connectivity index (χ3n) is 5.25. The van der Waals surface area contributed by atoms with Crippen LogP contribution in [0.15, 0.2) is 12.1 Å². The van der Waals surface area contributed by atoms with Crippen LogP contribution in [0.5, 0.6) is 5.88 Å². The van der Waals surface area contributed by atoms with Crippen LogP contribution in [0.2, 0.25) is 5.15 Å². The SMILES string of the molecule is COCCNc1nc(Cl)c(C#Cc2ccc(OC)nc2C)c(NC2C[C@H](CO)C[C@H]2O)n1. The lowest BCUT2D eigenvalue weighted by atomic mass is 10.1. The molecule has 1 unspecified atom stereocenters. The van der Waals surface area contributed by atoms with Gasteiger partial charge in [0.2, 0.25) is 11.8 Å². The third-order valence-corrected chi connectivity index (χ3v) is 5.53. The van der Waals surface area contributed by atoms with Gasteiger partial charge >= 0.3 is 0 Å². The van der Waals surface area contributed by atoms with Gasteiger partial charge in [-0.15, -0.1) is 0 Å². The predicted molar refractivity (Wildman–Crippen MR) is 122 cm³/mol. The maximum absolute atomic E-state index is 10.4. The van der Waals surface area contributed by atoms with E-state index in [2.05, 4.69) is 37.4 Å². The number of nitrogens with zero attached hydrogens (tertiary/aromatic N) is 3. The summed E-state index contributed by atoms with van der Waals surface area (Å²) in [7, 11) is 3.17. The van der Waals surface area contributed by atoms with E-state index in [1.165, 1.54) is 0 Å². The summed E-state index contributed by atoms with van der Waals surface area (Å²) >= 11 is 6.48. The second-order valence-corrected chi connectivity index (χ2v) is 7.91. The minimum absolute atomic E-state index is 0.0278. The zero-order valence-corrected chi connectivity index (χ0v) is 19.1. The van der Waals surface area contributed by atoms with Gasteiger partial charge in [-0.1, -0.05) is 23.4 Å². The molecule has 0 saturated heterocycles. The molecule has 172 valence electrons. The van der Waals surface area contributed by atoms with Crippen LogP contribution in [0, 0.1) is 24.7 Å². The zero-order chi connectivity index (χ0) is 23.1.